The van der Waals surface area contributed by atoms with Crippen LogP contribution in [0.5, 0.6) is 5.75 Å². The van der Waals surface area contributed by atoms with Crippen molar-refractivity contribution >= 4 is 5.69 Å². The second-order valence-corrected chi connectivity index (χ2v) is 4.76. The van der Waals surface area contributed by atoms with Crippen molar-refractivity contribution in [1.82, 2.24) is 4.90 Å². The van der Waals surface area contributed by atoms with Gasteiger partial charge in [-0.15, -0.1) is 0 Å². The van der Waals surface area contributed by atoms with E-state index in [-0.39, 0.29) is 0 Å². The summed E-state index contributed by atoms with van der Waals surface area (Å²) in [6.45, 7) is 7.53. The molecular weight excluding hydrogens is 224 g/mol. The topological polar surface area (TPSA) is 24.5 Å². The molecule has 0 unspecified atom stereocenters. The summed E-state index contributed by atoms with van der Waals surface area (Å²) in [6, 6.07) is 8.17. The summed E-state index contributed by atoms with van der Waals surface area (Å²) in [5, 5.41) is 3.47. The van der Waals surface area contributed by atoms with E-state index in [9.17, 15) is 0 Å². The first kappa shape index (κ1) is 13.2. The molecule has 1 aliphatic heterocycles. The molecule has 1 fully saturated rings. The molecule has 0 aromatic heterocycles. The molecule has 0 atom stereocenters. The van der Waals surface area contributed by atoms with Crippen molar-refractivity contribution in [3.63, 3.8) is 0 Å². The normalized spacial score (nSPS) is 15.8. The molecule has 1 heterocycles. The van der Waals surface area contributed by atoms with E-state index in [4.69, 9.17) is 4.74 Å². The van der Waals surface area contributed by atoms with Gasteiger partial charge in [0.2, 0.25) is 0 Å². The fourth-order valence-electron chi connectivity index (χ4n) is 2.43. The third-order valence-corrected chi connectivity index (χ3v) is 3.35. The Bertz CT molecular complexity index is 348. The molecule has 0 aliphatic carbocycles. The van der Waals surface area contributed by atoms with Gasteiger partial charge in [0.25, 0.3) is 0 Å². The van der Waals surface area contributed by atoms with E-state index >= 15 is 0 Å². The first-order chi connectivity index (χ1) is 8.90. The highest BCUT2D eigenvalue weighted by Gasteiger charge is 2.10. The van der Waals surface area contributed by atoms with Crippen molar-refractivity contribution < 1.29 is 4.74 Å². The van der Waals surface area contributed by atoms with Crippen molar-refractivity contribution in [1.29, 1.82) is 0 Å². The fourth-order valence-corrected chi connectivity index (χ4v) is 2.43. The molecule has 2 rings (SSSR count). The van der Waals surface area contributed by atoms with Gasteiger partial charge in [-0.3, -0.25) is 0 Å². The SMILES string of the molecule is CCOc1ccccc1NCCCN1CCCC1. The Labute approximate surface area is 110 Å². The molecule has 3 nitrogen and oxygen atoms in total. The first-order valence-corrected chi connectivity index (χ1v) is 7.08. The second-order valence-electron chi connectivity index (χ2n) is 4.76. The summed E-state index contributed by atoms with van der Waals surface area (Å²) in [6.07, 6.45) is 3.95. The molecule has 0 spiro atoms. The van der Waals surface area contributed by atoms with Gasteiger partial charge in [-0.25, -0.2) is 0 Å². The average Bonchev–Trinajstić information content (AvgIpc) is 2.90. The highest BCUT2D eigenvalue weighted by molar-refractivity contribution is 5.56. The summed E-state index contributed by atoms with van der Waals surface area (Å²) in [4.78, 5) is 2.55. The minimum atomic E-state index is 0.715. The molecule has 1 aromatic carbocycles. The van der Waals surface area contributed by atoms with Gasteiger partial charge in [0.15, 0.2) is 0 Å². The zero-order chi connectivity index (χ0) is 12.6. The third-order valence-electron chi connectivity index (χ3n) is 3.35. The van der Waals surface area contributed by atoms with Crippen LogP contribution in [0.15, 0.2) is 24.3 Å². The van der Waals surface area contributed by atoms with E-state index < -0.39 is 0 Å². The van der Waals surface area contributed by atoms with Crippen LogP contribution < -0.4 is 10.1 Å². The number of hydrogen-bond acceptors (Lipinski definition) is 3. The summed E-state index contributed by atoms with van der Waals surface area (Å²) in [7, 11) is 0. The van der Waals surface area contributed by atoms with E-state index in [2.05, 4.69) is 16.3 Å². The smallest absolute Gasteiger partial charge is 0.142 e. The maximum absolute atomic E-state index is 5.59. The van der Waals surface area contributed by atoms with E-state index in [1.54, 1.807) is 0 Å². The molecule has 3 heteroatoms. The second kappa shape index (κ2) is 7.27. The number of ether oxygens (including phenoxy) is 1. The van der Waals surface area contributed by atoms with E-state index in [1.807, 2.05) is 25.1 Å². The third kappa shape index (κ3) is 3.91. The molecule has 0 saturated carbocycles. The Hall–Kier alpha value is -1.22. The van der Waals surface area contributed by atoms with Crippen LogP contribution in [0.1, 0.15) is 26.2 Å². The van der Waals surface area contributed by atoms with Crippen molar-refractivity contribution in [3.05, 3.63) is 24.3 Å². The summed E-state index contributed by atoms with van der Waals surface area (Å²) in [5.74, 6) is 0.959. The van der Waals surface area contributed by atoms with Gasteiger partial charge in [-0.1, -0.05) is 12.1 Å². The Morgan fingerprint density at radius 3 is 2.78 bits per heavy atom. The van der Waals surface area contributed by atoms with Gasteiger partial charge in [0.1, 0.15) is 5.75 Å². The lowest BCUT2D eigenvalue weighted by Crippen LogP contribution is -2.22. The van der Waals surface area contributed by atoms with Crippen molar-refractivity contribution in [3.8, 4) is 5.75 Å². The zero-order valence-corrected chi connectivity index (χ0v) is 11.3. The van der Waals surface area contributed by atoms with Gasteiger partial charge in [-0.2, -0.15) is 0 Å². The zero-order valence-electron chi connectivity index (χ0n) is 11.3. The Morgan fingerprint density at radius 2 is 2.00 bits per heavy atom. The quantitative estimate of drug-likeness (QED) is 0.751. The Morgan fingerprint density at radius 1 is 1.22 bits per heavy atom. The number of benzene rings is 1. The number of nitrogens with one attached hydrogen (secondary N) is 1. The van der Waals surface area contributed by atoms with Crippen molar-refractivity contribution in [2.45, 2.75) is 26.2 Å². The predicted octanol–water partition coefficient (Wildman–Crippen LogP) is 2.98. The van der Waals surface area contributed by atoms with Crippen LogP contribution in [0.4, 0.5) is 5.69 Å². The van der Waals surface area contributed by atoms with Gasteiger partial charge in [0.05, 0.1) is 12.3 Å². The van der Waals surface area contributed by atoms with Gasteiger partial charge in [0, 0.05) is 6.54 Å². The summed E-state index contributed by atoms with van der Waals surface area (Å²) < 4.78 is 5.59. The van der Waals surface area contributed by atoms with Crippen LogP contribution in [0.25, 0.3) is 0 Å². The maximum Gasteiger partial charge on any atom is 0.142 e. The molecule has 0 bridgehead atoms. The molecule has 1 N–H and O–H groups in total. The van der Waals surface area contributed by atoms with Gasteiger partial charge >= 0.3 is 0 Å². The summed E-state index contributed by atoms with van der Waals surface area (Å²) in [5.41, 5.74) is 1.11. The van der Waals surface area contributed by atoms with Crippen molar-refractivity contribution in [2.75, 3.05) is 38.1 Å². The van der Waals surface area contributed by atoms with Gasteiger partial charge < -0.3 is 15.0 Å². The van der Waals surface area contributed by atoms with E-state index in [0.717, 1.165) is 18.0 Å². The van der Waals surface area contributed by atoms with Crippen LogP contribution in [0.3, 0.4) is 0 Å². The van der Waals surface area contributed by atoms with Crippen LogP contribution in [-0.4, -0.2) is 37.7 Å². The molecule has 0 amide bonds. The molecule has 100 valence electrons. The lowest BCUT2D eigenvalue weighted by molar-refractivity contribution is 0.336. The molecule has 1 saturated heterocycles. The molecule has 1 aliphatic rings. The Kier molecular flexibility index (Phi) is 5.34. The lowest BCUT2D eigenvalue weighted by Gasteiger charge is -2.16. The van der Waals surface area contributed by atoms with Crippen LogP contribution in [0.2, 0.25) is 0 Å². The number of likely N-dealkylation sites (tertiary alicyclic amines) is 1. The number of anilines is 1. The van der Waals surface area contributed by atoms with Crippen LogP contribution in [-0.2, 0) is 0 Å². The van der Waals surface area contributed by atoms with Crippen LogP contribution in [0, 0.1) is 0 Å². The highest BCUT2D eigenvalue weighted by atomic mass is 16.5. The fraction of sp³-hybridized carbons (Fsp3) is 0.600. The largest absolute Gasteiger partial charge is 0.492 e. The van der Waals surface area contributed by atoms with Gasteiger partial charge in [-0.05, 0) is 58.0 Å². The van der Waals surface area contributed by atoms with E-state index in [1.165, 1.54) is 38.9 Å². The van der Waals surface area contributed by atoms with Crippen LogP contribution >= 0.6 is 0 Å². The molecule has 18 heavy (non-hydrogen) atoms. The highest BCUT2D eigenvalue weighted by Crippen LogP contribution is 2.23. The lowest BCUT2D eigenvalue weighted by atomic mass is 10.3. The first-order valence-electron chi connectivity index (χ1n) is 7.08. The summed E-state index contributed by atoms with van der Waals surface area (Å²) >= 11 is 0. The van der Waals surface area contributed by atoms with Crippen molar-refractivity contribution in [2.24, 2.45) is 0 Å². The monoisotopic (exact) mass is 248 g/mol. The number of rotatable bonds is 7. The number of nitrogens with zero attached hydrogens (tertiary/aromatic N) is 1. The standard InChI is InChI=1S/C15H24N2O/c1-2-18-15-9-4-3-8-14(15)16-10-7-13-17-11-5-6-12-17/h3-4,8-9,16H,2,5-7,10-13H2,1H3. The Balaban J connectivity index is 1.72. The maximum atomic E-state index is 5.59. The minimum absolute atomic E-state index is 0.715. The number of hydrogen-bond donors (Lipinski definition) is 1. The molecule has 0 radical (unpaired) electrons. The predicted molar refractivity (Wildman–Crippen MR) is 76.4 cm³/mol. The average molecular weight is 248 g/mol. The number of para-hydroxylation sites is 2. The van der Waals surface area contributed by atoms with E-state index in [0.29, 0.717) is 6.61 Å². The minimum Gasteiger partial charge on any atom is -0.492 e. The molecular formula is C15H24N2O. The molecule has 1 aromatic rings.